The highest BCUT2D eigenvalue weighted by Gasteiger charge is 2.24. The maximum absolute atomic E-state index is 11.4. The van der Waals surface area contributed by atoms with E-state index in [9.17, 15) is 10.1 Å². The van der Waals surface area contributed by atoms with Gasteiger partial charge in [-0.15, -0.1) is 5.10 Å². The largest absolute Gasteiger partial charge is 0.308 e. The van der Waals surface area contributed by atoms with Crippen molar-refractivity contribution in [3.05, 3.63) is 63.9 Å². The summed E-state index contributed by atoms with van der Waals surface area (Å²) in [6.45, 7) is 4.87. The van der Waals surface area contributed by atoms with E-state index in [0.29, 0.717) is 12.2 Å². The Bertz CT molecular complexity index is 1160. The van der Waals surface area contributed by atoms with Gasteiger partial charge in [0.05, 0.1) is 11.5 Å². The van der Waals surface area contributed by atoms with Crippen LogP contribution >= 0.6 is 0 Å². The third-order valence-corrected chi connectivity index (χ3v) is 4.92. The van der Waals surface area contributed by atoms with E-state index in [0.717, 1.165) is 48.6 Å². The number of nitrogens with zero attached hydrogens (tertiary/aromatic N) is 8. The summed E-state index contributed by atoms with van der Waals surface area (Å²) in [5.41, 5.74) is 2.06. The van der Waals surface area contributed by atoms with E-state index in [4.69, 9.17) is 0 Å². The standard InChI is InChI=1S/C20H23N9O2/c1-3-5-17-21-18(6-4-2)28(24-17)13-14-7-9-15(10-8-14)27-12-11-16(29(30)31)19(27)20-22-25-26-23-20/h7-12H,3-6,13H2,1-2H3,(H,22,23,25,26). The lowest BCUT2D eigenvalue weighted by Crippen LogP contribution is -2.07. The lowest BCUT2D eigenvalue weighted by molar-refractivity contribution is -0.384. The molecule has 0 spiro atoms. The molecule has 3 aromatic heterocycles. The fourth-order valence-corrected chi connectivity index (χ4v) is 3.51. The molecule has 1 N–H and O–H groups in total. The Balaban J connectivity index is 1.62. The molecule has 31 heavy (non-hydrogen) atoms. The molecule has 0 fully saturated rings. The van der Waals surface area contributed by atoms with Crippen molar-refractivity contribution >= 4 is 5.69 Å². The molecule has 3 heterocycles. The highest BCUT2D eigenvalue weighted by Crippen LogP contribution is 2.31. The predicted molar refractivity (Wildman–Crippen MR) is 113 cm³/mol. The molecular weight excluding hydrogens is 398 g/mol. The Morgan fingerprint density at radius 1 is 1.10 bits per heavy atom. The van der Waals surface area contributed by atoms with Gasteiger partial charge in [0, 0.05) is 30.8 Å². The zero-order valence-electron chi connectivity index (χ0n) is 17.4. The molecule has 0 saturated carbocycles. The molecule has 0 aliphatic rings. The second-order valence-electron chi connectivity index (χ2n) is 7.19. The predicted octanol–water partition coefficient (Wildman–Crippen LogP) is 3.11. The first-order valence-electron chi connectivity index (χ1n) is 10.2. The third kappa shape index (κ3) is 4.20. The molecule has 11 heteroatoms. The van der Waals surface area contributed by atoms with E-state index in [2.05, 4.69) is 44.6 Å². The number of nitro groups is 1. The number of benzene rings is 1. The first kappa shape index (κ1) is 20.4. The molecule has 4 rings (SSSR count). The van der Waals surface area contributed by atoms with Crippen molar-refractivity contribution in [2.45, 2.75) is 46.1 Å². The smallest absolute Gasteiger partial charge is 0.298 e. The van der Waals surface area contributed by atoms with Crippen molar-refractivity contribution in [3.8, 4) is 17.2 Å². The van der Waals surface area contributed by atoms with Crippen LogP contribution in [-0.4, -0.2) is 44.9 Å². The normalized spacial score (nSPS) is 11.2. The van der Waals surface area contributed by atoms with Crippen LogP contribution < -0.4 is 0 Å². The van der Waals surface area contributed by atoms with Crippen molar-refractivity contribution in [1.82, 2.24) is 40.0 Å². The number of tetrazole rings is 1. The lowest BCUT2D eigenvalue weighted by atomic mass is 10.2. The van der Waals surface area contributed by atoms with E-state index in [1.54, 1.807) is 10.8 Å². The van der Waals surface area contributed by atoms with E-state index >= 15 is 0 Å². The SMILES string of the molecule is CCCc1nc(CCC)n(Cc2ccc(-n3ccc([N+](=O)[O-])c3-c3nnn[nH]3)cc2)n1. The van der Waals surface area contributed by atoms with Crippen LogP contribution in [0.25, 0.3) is 17.2 Å². The second kappa shape index (κ2) is 8.86. The van der Waals surface area contributed by atoms with Crippen LogP contribution in [0.15, 0.2) is 36.5 Å². The van der Waals surface area contributed by atoms with Gasteiger partial charge >= 0.3 is 0 Å². The number of aromatic nitrogens is 8. The van der Waals surface area contributed by atoms with Crippen LogP contribution in [0.2, 0.25) is 0 Å². The van der Waals surface area contributed by atoms with Crippen LogP contribution in [-0.2, 0) is 19.4 Å². The zero-order chi connectivity index (χ0) is 21.8. The summed E-state index contributed by atoms with van der Waals surface area (Å²) in [4.78, 5) is 15.7. The number of hydrogen-bond donors (Lipinski definition) is 1. The minimum Gasteiger partial charge on any atom is -0.308 e. The van der Waals surface area contributed by atoms with Crippen LogP contribution in [0.3, 0.4) is 0 Å². The molecule has 0 amide bonds. The molecule has 0 bridgehead atoms. The molecule has 1 aromatic carbocycles. The van der Waals surface area contributed by atoms with E-state index in [-0.39, 0.29) is 11.5 Å². The number of nitrogens with one attached hydrogen (secondary N) is 1. The molecular formula is C20H23N9O2. The quantitative estimate of drug-likeness (QED) is 0.324. The van der Waals surface area contributed by atoms with Crippen molar-refractivity contribution in [2.75, 3.05) is 0 Å². The van der Waals surface area contributed by atoms with Crippen molar-refractivity contribution < 1.29 is 4.92 Å². The topological polar surface area (TPSA) is 133 Å². The summed E-state index contributed by atoms with van der Waals surface area (Å²) in [6, 6.07) is 9.24. The van der Waals surface area contributed by atoms with E-state index < -0.39 is 4.92 Å². The molecule has 4 aromatic rings. The van der Waals surface area contributed by atoms with Crippen LogP contribution in [0.1, 0.15) is 43.9 Å². The third-order valence-electron chi connectivity index (χ3n) is 4.92. The maximum Gasteiger partial charge on any atom is 0.298 e. The molecule has 0 aliphatic heterocycles. The van der Waals surface area contributed by atoms with Gasteiger partial charge < -0.3 is 4.57 Å². The number of H-pyrrole nitrogens is 1. The second-order valence-corrected chi connectivity index (χ2v) is 7.19. The van der Waals surface area contributed by atoms with Gasteiger partial charge in [-0.25, -0.2) is 14.8 Å². The lowest BCUT2D eigenvalue weighted by Gasteiger charge is -2.09. The average Bonchev–Trinajstić information content (AvgIpc) is 3.49. The number of aromatic amines is 1. The van der Waals surface area contributed by atoms with Gasteiger partial charge in [0.25, 0.3) is 5.69 Å². The van der Waals surface area contributed by atoms with E-state index in [1.807, 2.05) is 28.9 Å². The highest BCUT2D eigenvalue weighted by atomic mass is 16.6. The van der Waals surface area contributed by atoms with Crippen molar-refractivity contribution in [3.63, 3.8) is 0 Å². The fraction of sp³-hybridized carbons (Fsp3) is 0.350. The van der Waals surface area contributed by atoms with Gasteiger partial charge in [-0.3, -0.25) is 10.1 Å². The summed E-state index contributed by atoms with van der Waals surface area (Å²) in [7, 11) is 0. The van der Waals surface area contributed by atoms with Crippen LogP contribution in [0.5, 0.6) is 0 Å². The Morgan fingerprint density at radius 3 is 2.52 bits per heavy atom. The van der Waals surface area contributed by atoms with E-state index in [1.165, 1.54) is 6.07 Å². The molecule has 0 radical (unpaired) electrons. The summed E-state index contributed by atoms with van der Waals surface area (Å²) < 4.78 is 3.66. The molecule has 11 nitrogen and oxygen atoms in total. The van der Waals surface area contributed by atoms with Gasteiger partial charge in [-0.2, -0.15) is 5.10 Å². The monoisotopic (exact) mass is 421 g/mol. The van der Waals surface area contributed by atoms with Gasteiger partial charge in [0.2, 0.25) is 5.82 Å². The van der Waals surface area contributed by atoms with Crippen molar-refractivity contribution in [1.29, 1.82) is 0 Å². The Morgan fingerprint density at radius 2 is 1.87 bits per heavy atom. The number of rotatable bonds is 9. The minimum absolute atomic E-state index is 0.0714. The van der Waals surface area contributed by atoms with Crippen LogP contribution in [0, 0.1) is 10.1 Å². The zero-order valence-corrected chi connectivity index (χ0v) is 17.4. The first-order chi connectivity index (χ1) is 15.1. The minimum atomic E-state index is -0.448. The van der Waals surface area contributed by atoms with Gasteiger partial charge in [-0.1, -0.05) is 26.0 Å². The van der Waals surface area contributed by atoms with Crippen LogP contribution in [0.4, 0.5) is 5.69 Å². The summed E-state index contributed by atoms with van der Waals surface area (Å²) in [6.07, 6.45) is 5.41. The molecule has 0 saturated heterocycles. The molecule has 0 atom stereocenters. The van der Waals surface area contributed by atoms with Crippen molar-refractivity contribution in [2.24, 2.45) is 0 Å². The molecule has 0 unspecified atom stereocenters. The maximum atomic E-state index is 11.4. The summed E-state index contributed by atoms with van der Waals surface area (Å²) in [5, 5.41) is 29.6. The van der Waals surface area contributed by atoms with Gasteiger partial charge in [0.1, 0.15) is 5.82 Å². The average molecular weight is 421 g/mol. The molecule has 0 aliphatic carbocycles. The van der Waals surface area contributed by atoms with Gasteiger partial charge in [-0.05, 0) is 41.0 Å². The summed E-state index contributed by atoms with van der Waals surface area (Å²) >= 11 is 0. The number of hydrogen-bond acceptors (Lipinski definition) is 7. The first-order valence-corrected chi connectivity index (χ1v) is 10.2. The Labute approximate surface area is 178 Å². The molecule has 160 valence electrons. The summed E-state index contributed by atoms with van der Waals surface area (Å²) in [5.74, 6) is 2.11. The Kier molecular flexibility index (Phi) is 5.83. The highest BCUT2D eigenvalue weighted by molar-refractivity contribution is 5.67. The Hall–Kier alpha value is -3.89. The fourth-order valence-electron chi connectivity index (χ4n) is 3.51. The number of aryl methyl sites for hydroxylation is 2. The van der Waals surface area contributed by atoms with Gasteiger partial charge in [0.15, 0.2) is 11.5 Å².